The van der Waals surface area contributed by atoms with Crippen LogP contribution in [0, 0.1) is 0 Å². The Morgan fingerprint density at radius 2 is 0.831 bits per heavy atom. The number of carbonyl (C=O) groups is 1. The Kier molecular flexibility index (Phi) is 45.7. The van der Waals surface area contributed by atoms with E-state index in [1.54, 1.807) is 6.08 Å². The zero-order valence-corrected chi connectivity index (χ0v) is 49.0. The molecule has 77 heavy (non-hydrogen) atoms. The molecule has 0 aromatic heterocycles. The molecule has 12 atom stereocenters. The van der Waals surface area contributed by atoms with Gasteiger partial charge in [0.25, 0.3) is 0 Å². The zero-order valence-electron chi connectivity index (χ0n) is 49.0. The maximum Gasteiger partial charge on any atom is 0.220 e. The lowest BCUT2D eigenvalue weighted by Crippen LogP contribution is -2.65. The number of amides is 1. The van der Waals surface area contributed by atoms with E-state index in [4.69, 9.17) is 18.9 Å². The van der Waals surface area contributed by atoms with E-state index in [0.717, 1.165) is 32.1 Å². The summed E-state index contributed by atoms with van der Waals surface area (Å²) < 4.78 is 22.8. The Hall–Kier alpha value is -1.53. The predicted octanol–water partition coefficient (Wildman–Crippen LogP) is 11.6. The molecule has 2 heterocycles. The maximum absolute atomic E-state index is 13.3. The van der Waals surface area contributed by atoms with Gasteiger partial charge in [0.15, 0.2) is 12.6 Å². The van der Waals surface area contributed by atoms with Gasteiger partial charge in [0.05, 0.1) is 32.0 Å². The minimum absolute atomic E-state index is 0.243. The molecule has 2 aliphatic rings. The molecular weight excluding hydrogens is 979 g/mol. The summed E-state index contributed by atoms with van der Waals surface area (Å²) in [6.07, 6.45) is 42.3. The smallest absolute Gasteiger partial charge is 0.220 e. The first-order chi connectivity index (χ1) is 37.6. The van der Waals surface area contributed by atoms with Crippen molar-refractivity contribution in [3.63, 3.8) is 0 Å². The number of aliphatic hydroxyl groups excluding tert-OH is 8. The number of allylic oxidation sites excluding steroid dienone is 3. The van der Waals surface area contributed by atoms with E-state index in [2.05, 4.69) is 31.3 Å². The fraction of sp³-hybridized carbons (Fsp3) is 0.921. The van der Waals surface area contributed by atoms with E-state index >= 15 is 0 Å². The first-order valence-electron chi connectivity index (χ1n) is 32.1. The maximum atomic E-state index is 13.3. The summed E-state index contributed by atoms with van der Waals surface area (Å²) >= 11 is 0. The Labute approximate surface area is 468 Å². The van der Waals surface area contributed by atoms with Gasteiger partial charge in [-0.05, 0) is 32.1 Å². The molecule has 1 amide bonds. The van der Waals surface area contributed by atoms with Gasteiger partial charge in [-0.15, -0.1) is 0 Å². The van der Waals surface area contributed by atoms with Crippen molar-refractivity contribution in [2.75, 3.05) is 19.8 Å². The van der Waals surface area contributed by atoms with Crippen LogP contribution in [0.2, 0.25) is 0 Å². The summed E-state index contributed by atoms with van der Waals surface area (Å²) in [6, 6.07) is -0.928. The van der Waals surface area contributed by atoms with E-state index in [1.165, 1.54) is 212 Å². The number of rotatable bonds is 52. The van der Waals surface area contributed by atoms with Crippen LogP contribution in [0.3, 0.4) is 0 Å². The van der Waals surface area contributed by atoms with Crippen LogP contribution in [0.15, 0.2) is 24.3 Å². The van der Waals surface area contributed by atoms with E-state index in [0.29, 0.717) is 12.8 Å². The first-order valence-corrected chi connectivity index (χ1v) is 32.1. The van der Waals surface area contributed by atoms with Crippen LogP contribution in [0.5, 0.6) is 0 Å². The Morgan fingerprint density at radius 1 is 0.455 bits per heavy atom. The molecule has 14 nitrogen and oxygen atoms in total. The van der Waals surface area contributed by atoms with Gasteiger partial charge in [-0.1, -0.05) is 263 Å². The van der Waals surface area contributed by atoms with Gasteiger partial charge in [0, 0.05) is 6.42 Å². The van der Waals surface area contributed by atoms with Crippen LogP contribution in [0.25, 0.3) is 0 Å². The largest absolute Gasteiger partial charge is 0.394 e. The summed E-state index contributed by atoms with van der Waals surface area (Å²) in [6.45, 7) is 2.82. The molecule has 9 N–H and O–H groups in total. The number of aliphatic hydroxyl groups is 8. The van der Waals surface area contributed by atoms with Crippen molar-refractivity contribution in [3.8, 4) is 0 Å². The lowest BCUT2D eigenvalue weighted by molar-refractivity contribution is -0.359. The van der Waals surface area contributed by atoms with Gasteiger partial charge in [-0.25, -0.2) is 0 Å². The van der Waals surface area contributed by atoms with Gasteiger partial charge in [-0.3, -0.25) is 4.79 Å². The average molecular weight is 1100 g/mol. The molecule has 0 aliphatic carbocycles. The number of hydrogen-bond acceptors (Lipinski definition) is 13. The summed E-state index contributed by atoms with van der Waals surface area (Å²) in [4.78, 5) is 13.3. The molecule has 14 heteroatoms. The minimum atomic E-state index is -1.79. The standard InChI is InChI=1S/C63H119NO13/c1-3-5-7-9-11-13-15-17-19-21-23-24-25-26-27-29-31-33-35-37-39-41-43-45-47-55(68)64-51(52(67)46-44-42-40-38-36-34-32-30-28-22-20-18-16-14-12-10-8-6-4-2)50-74-62-60(73)58(71)61(54(49-66)76-62)77-63-59(72)57(70)56(69)53(48-65)75-63/h36,38,44,46,51-54,56-63,65-67,69-73H,3-35,37,39-43,45,47-50H2,1-2H3,(H,64,68)/b38-36+,46-44+. The third kappa shape index (κ3) is 34.5. The molecule has 0 saturated carbocycles. The van der Waals surface area contributed by atoms with E-state index in [1.807, 2.05) is 6.08 Å². The van der Waals surface area contributed by atoms with Gasteiger partial charge in [0.2, 0.25) is 5.91 Å². The average Bonchev–Trinajstić information content (AvgIpc) is 3.44. The van der Waals surface area contributed by atoms with E-state index in [-0.39, 0.29) is 18.9 Å². The molecule has 12 unspecified atom stereocenters. The van der Waals surface area contributed by atoms with Crippen molar-refractivity contribution in [3.05, 3.63) is 24.3 Å². The van der Waals surface area contributed by atoms with Gasteiger partial charge in [-0.2, -0.15) is 0 Å². The number of carbonyl (C=O) groups excluding carboxylic acids is 1. The van der Waals surface area contributed by atoms with Gasteiger partial charge < -0.3 is 65.1 Å². The normalized spacial score (nSPS) is 24.8. The molecule has 0 radical (unpaired) electrons. The molecule has 0 bridgehead atoms. The quantitative estimate of drug-likeness (QED) is 0.0204. The number of nitrogens with one attached hydrogen (secondary N) is 1. The lowest BCUT2D eigenvalue weighted by Gasteiger charge is -2.46. The summed E-state index contributed by atoms with van der Waals surface area (Å²) in [5, 5.41) is 87.2. The second kappa shape index (κ2) is 49.1. The number of hydrogen-bond donors (Lipinski definition) is 9. The van der Waals surface area contributed by atoms with E-state index < -0.39 is 86.8 Å². The van der Waals surface area contributed by atoms with Crippen LogP contribution in [0.4, 0.5) is 0 Å². The number of ether oxygens (including phenoxy) is 4. The van der Waals surface area contributed by atoms with Crippen molar-refractivity contribution < 1.29 is 64.6 Å². The van der Waals surface area contributed by atoms with Crippen LogP contribution in [-0.2, 0) is 23.7 Å². The molecular formula is C63H119NO13. The highest BCUT2D eigenvalue weighted by Crippen LogP contribution is 2.30. The lowest BCUT2D eigenvalue weighted by atomic mass is 9.97. The number of unbranched alkanes of at least 4 members (excludes halogenated alkanes) is 37. The Balaban J connectivity index is 1.73. The molecule has 0 aromatic rings. The molecule has 2 aliphatic heterocycles. The highest BCUT2D eigenvalue weighted by Gasteiger charge is 2.51. The first kappa shape index (κ1) is 71.6. The van der Waals surface area contributed by atoms with Crippen molar-refractivity contribution in [2.24, 2.45) is 0 Å². The summed E-state index contributed by atoms with van der Waals surface area (Å²) in [7, 11) is 0. The third-order valence-electron chi connectivity index (χ3n) is 15.9. The zero-order chi connectivity index (χ0) is 56.0. The fourth-order valence-electron chi connectivity index (χ4n) is 10.7. The molecule has 454 valence electrons. The van der Waals surface area contributed by atoms with Crippen molar-refractivity contribution in [2.45, 2.75) is 351 Å². The molecule has 0 aromatic carbocycles. The molecule has 2 rings (SSSR count). The van der Waals surface area contributed by atoms with Gasteiger partial charge >= 0.3 is 0 Å². The highest BCUT2D eigenvalue weighted by atomic mass is 16.7. The Bertz CT molecular complexity index is 1390. The van der Waals surface area contributed by atoms with Crippen LogP contribution in [0.1, 0.15) is 277 Å². The molecule has 2 saturated heterocycles. The third-order valence-corrected chi connectivity index (χ3v) is 15.9. The topological polar surface area (TPSA) is 228 Å². The van der Waals surface area contributed by atoms with E-state index in [9.17, 15) is 45.6 Å². The second-order valence-electron chi connectivity index (χ2n) is 22.9. The monoisotopic (exact) mass is 1100 g/mol. The minimum Gasteiger partial charge on any atom is -0.394 e. The van der Waals surface area contributed by atoms with Crippen LogP contribution < -0.4 is 5.32 Å². The Morgan fingerprint density at radius 3 is 1.27 bits per heavy atom. The summed E-state index contributed by atoms with van der Waals surface area (Å²) in [5.41, 5.74) is 0. The van der Waals surface area contributed by atoms with Gasteiger partial charge in [0.1, 0.15) is 48.8 Å². The summed E-state index contributed by atoms with van der Waals surface area (Å²) in [5.74, 6) is -0.243. The van der Waals surface area contributed by atoms with Crippen LogP contribution in [-0.4, -0.2) is 140 Å². The highest BCUT2D eigenvalue weighted by molar-refractivity contribution is 5.76. The fourth-order valence-corrected chi connectivity index (χ4v) is 10.7. The molecule has 0 spiro atoms. The predicted molar refractivity (Wildman–Crippen MR) is 309 cm³/mol. The second-order valence-corrected chi connectivity index (χ2v) is 22.9. The van der Waals surface area contributed by atoms with Crippen molar-refractivity contribution >= 4 is 5.91 Å². The SMILES string of the molecule is CCCCCCCCCCCCCCC/C=C/CC/C=C/C(O)C(COC1OC(CO)C(OC2OC(CO)C(O)C(O)C2O)C(O)C1O)NC(=O)CCCCCCCCCCCCCCCCCCCCCCCCCC. The van der Waals surface area contributed by atoms with Crippen molar-refractivity contribution in [1.82, 2.24) is 5.32 Å². The molecule has 2 fully saturated rings. The van der Waals surface area contributed by atoms with Crippen molar-refractivity contribution in [1.29, 1.82) is 0 Å². The van der Waals surface area contributed by atoms with Crippen LogP contribution >= 0.6 is 0 Å².